The fourth-order valence-electron chi connectivity index (χ4n) is 2.19. The van der Waals surface area contributed by atoms with Gasteiger partial charge in [-0.2, -0.15) is 5.10 Å². The van der Waals surface area contributed by atoms with E-state index in [9.17, 15) is 0 Å². The molecule has 1 N–H and O–H groups in total. The summed E-state index contributed by atoms with van der Waals surface area (Å²) in [6.07, 6.45) is 0.840. The van der Waals surface area contributed by atoms with Crippen LogP contribution in [0.4, 0.5) is 0 Å². The second kappa shape index (κ2) is 7.50. The van der Waals surface area contributed by atoms with Crippen molar-refractivity contribution in [1.82, 2.24) is 15.1 Å². The zero-order valence-corrected chi connectivity index (χ0v) is 14.4. The third-order valence-corrected chi connectivity index (χ3v) is 4.41. The van der Waals surface area contributed by atoms with E-state index in [1.54, 1.807) is 6.07 Å². The van der Waals surface area contributed by atoms with Crippen LogP contribution in [0.25, 0.3) is 0 Å². The molecule has 0 aliphatic rings. The Hall–Kier alpha value is -0.740. The molecule has 0 unspecified atom stereocenters. The van der Waals surface area contributed by atoms with E-state index in [2.05, 4.69) is 17.3 Å². The maximum absolute atomic E-state index is 6.27. The quantitative estimate of drug-likeness (QED) is 0.780. The van der Waals surface area contributed by atoms with Crippen molar-refractivity contribution in [1.29, 1.82) is 0 Å². The SMILES string of the molecule is CCn1nc(C)c(Cl)c1CNCCc1ccc(Cl)cc1Cl. The zero-order valence-electron chi connectivity index (χ0n) is 12.1. The Morgan fingerprint density at radius 1 is 1.24 bits per heavy atom. The number of hydrogen-bond donors (Lipinski definition) is 1. The summed E-state index contributed by atoms with van der Waals surface area (Å²) in [7, 11) is 0. The van der Waals surface area contributed by atoms with Crippen LogP contribution >= 0.6 is 34.8 Å². The van der Waals surface area contributed by atoms with Crippen LogP contribution in [0.1, 0.15) is 23.9 Å². The van der Waals surface area contributed by atoms with Gasteiger partial charge in [0.2, 0.25) is 0 Å². The fraction of sp³-hybridized carbons (Fsp3) is 0.400. The average Bonchev–Trinajstić information content (AvgIpc) is 2.72. The number of aryl methyl sites for hydroxylation is 2. The normalized spacial score (nSPS) is 11.1. The van der Waals surface area contributed by atoms with Crippen LogP contribution < -0.4 is 5.32 Å². The standard InChI is InChI=1S/C15H18Cl3N3/c1-3-21-14(15(18)10(2)20-21)9-19-7-6-11-4-5-12(16)8-13(11)17/h4-5,8,19H,3,6-7,9H2,1-2H3. The van der Waals surface area contributed by atoms with E-state index in [0.717, 1.165) is 41.5 Å². The topological polar surface area (TPSA) is 29.9 Å². The summed E-state index contributed by atoms with van der Waals surface area (Å²) in [6.45, 7) is 6.29. The molecule has 2 rings (SSSR count). The number of nitrogens with zero attached hydrogens (tertiary/aromatic N) is 2. The number of hydrogen-bond acceptors (Lipinski definition) is 2. The van der Waals surface area contributed by atoms with Gasteiger partial charge >= 0.3 is 0 Å². The van der Waals surface area contributed by atoms with Gasteiger partial charge in [-0.15, -0.1) is 0 Å². The molecular weight excluding hydrogens is 329 g/mol. The lowest BCUT2D eigenvalue weighted by atomic mass is 10.1. The van der Waals surface area contributed by atoms with Gasteiger partial charge in [-0.05, 0) is 44.5 Å². The molecule has 0 atom stereocenters. The predicted molar refractivity (Wildman–Crippen MR) is 89.5 cm³/mol. The highest BCUT2D eigenvalue weighted by Gasteiger charge is 2.11. The smallest absolute Gasteiger partial charge is 0.0860 e. The van der Waals surface area contributed by atoms with Crippen molar-refractivity contribution >= 4 is 34.8 Å². The Morgan fingerprint density at radius 3 is 2.67 bits per heavy atom. The first kappa shape index (κ1) is 16.6. The van der Waals surface area contributed by atoms with Gasteiger partial charge in [-0.1, -0.05) is 40.9 Å². The Morgan fingerprint density at radius 2 is 2.00 bits per heavy atom. The average molecular weight is 347 g/mol. The number of benzene rings is 1. The molecule has 0 radical (unpaired) electrons. The maximum atomic E-state index is 6.27. The molecule has 3 nitrogen and oxygen atoms in total. The van der Waals surface area contributed by atoms with Crippen molar-refractivity contribution < 1.29 is 0 Å². The minimum Gasteiger partial charge on any atom is -0.311 e. The van der Waals surface area contributed by atoms with E-state index in [1.807, 2.05) is 23.7 Å². The molecule has 0 spiro atoms. The van der Waals surface area contributed by atoms with Crippen LogP contribution in [-0.4, -0.2) is 16.3 Å². The predicted octanol–water partition coefficient (Wildman–Crippen LogP) is 4.50. The lowest BCUT2D eigenvalue weighted by Gasteiger charge is -2.08. The van der Waals surface area contributed by atoms with Crippen molar-refractivity contribution in [2.75, 3.05) is 6.54 Å². The molecule has 6 heteroatoms. The first-order chi connectivity index (χ1) is 10.0. The minimum atomic E-state index is 0.658. The lowest BCUT2D eigenvalue weighted by molar-refractivity contribution is 0.580. The number of rotatable bonds is 6. The molecule has 0 saturated carbocycles. The van der Waals surface area contributed by atoms with Crippen LogP contribution in [0.5, 0.6) is 0 Å². The third kappa shape index (κ3) is 4.13. The summed E-state index contributed by atoms with van der Waals surface area (Å²) in [5.41, 5.74) is 2.98. The molecule has 0 fully saturated rings. The Labute approximate surface area is 140 Å². The van der Waals surface area contributed by atoms with Crippen molar-refractivity contribution in [3.05, 3.63) is 50.2 Å². The first-order valence-corrected chi connectivity index (χ1v) is 8.02. The monoisotopic (exact) mass is 345 g/mol. The lowest BCUT2D eigenvalue weighted by Crippen LogP contribution is -2.19. The summed E-state index contributed by atoms with van der Waals surface area (Å²) in [4.78, 5) is 0. The van der Waals surface area contributed by atoms with E-state index in [-0.39, 0.29) is 0 Å². The molecule has 0 aliphatic heterocycles. The molecule has 2 aromatic rings. The number of nitrogens with one attached hydrogen (secondary N) is 1. The fourth-order valence-corrected chi connectivity index (χ4v) is 2.90. The van der Waals surface area contributed by atoms with Crippen LogP contribution in [0.15, 0.2) is 18.2 Å². The maximum Gasteiger partial charge on any atom is 0.0860 e. The van der Waals surface area contributed by atoms with Crippen molar-refractivity contribution in [2.45, 2.75) is 33.4 Å². The van der Waals surface area contributed by atoms with Crippen LogP contribution in [-0.2, 0) is 19.5 Å². The van der Waals surface area contributed by atoms with Gasteiger partial charge in [0.05, 0.1) is 16.4 Å². The van der Waals surface area contributed by atoms with Gasteiger partial charge in [-0.3, -0.25) is 4.68 Å². The molecular formula is C15H18Cl3N3. The van der Waals surface area contributed by atoms with Gasteiger partial charge in [0.1, 0.15) is 0 Å². The van der Waals surface area contributed by atoms with Gasteiger partial charge in [-0.25, -0.2) is 0 Å². The van der Waals surface area contributed by atoms with Crippen LogP contribution in [0.2, 0.25) is 15.1 Å². The largest absolute Gasteiger partial charge is 0.311 e. The van der Waals surface area contributed by atoms with Crippen molar-refractivity contribution in [3.63, 3.8) is 0 Å². The first-order valence-electron chi connectivity index (χ1n) is 6.89. The second-order valence-electron chi connectivity index (χ2n) is 4.82. The van der Waals surface area contributed by atoms with E-state index < -0.39 is 0 Å². The molecule has 1 aromatic carbocycles. The highest BCUT2D eigenvalue weighted by atomic mass is 35.5. The number of halogens is 3. The summed E-state index contributed by atoms with van der Waals surface area (Å²) in [5, 5.41) is 9.89. The molecule has 1 heterocycles. The molecule has 0 amide bonds. The molecule has 0 aliphatic carbocycles. The van der Waals surface area contributed by atoms with Gasteiger partial charge < -0.3 is 5.32 Å². The van der Waals surface area contributed by atoms with Gasteiger partial charge in [0.25, 0.3) is 0 Å². The highest BCUT2D eigenvalue weighted by molar-refractivity contribution is 6.35. The van der Waals surface area contributed by atoms with E-state index in [0.29, 0.717) is 16.6 Å². The van der Waals surface area contributed by atoms with Crippen LogP contribution in [0, 0.1) is 6.92 Å². The number of aromatic nitrogens is 2. The molecule has 0 saturated heterocycles. The van der Waals surface area contributed by atoms with E-state index in [4.69, 9.17) is 34.8 Å². The van der Waals surface area contributed by atoms with E-state index >= 15 is 0 Å². The Kier molecular flexibility index (Phi) is 5.94. The van der Waals surface area contributed by atoms with E-state index in [1.165, 1.54) is 0 Å². The molecule has 114 valence electrons. The Bertz CT molecular complexity index is 623. The zero-order chi connectivity index (χ0) is 15.4. The molecule has 1 aromatic heterocycles. The van der Waals surface area contributed by atoms with Crippen molar-refractivity contribution in [3.8, 4) is 0 Å². The third-order valence-electron chi connectivity index (χ3n) is 3.33. The summed E-state index contributed by atoms with van der Waals surface area (Å²) in [5.74, 6) is 0. The van der Waals surface area contributed by atoms with Gasteiger partial charge in [0, 0.05) is 23.1 Å². The summed E-state index contributed by atoms with van der Waals surface area (Å²) < 4.78 is 1.93. The van der Waals surface area contributed by atoms with Gasteiger partial charge in [0.15, 0.2) is 0 Å². The Balaban J connectivity index is 1.90. The molecule has 21 heavy (non-hydrogen) atoms. The van der Waals surface area contributed by atoms with Crippen molar-refractivity contribution in [2.24, 2.45) is 0 Å². The van der Waals surface area contributed by atoms with Crippen LogP contribution in [0.3, 0.4) is 0 Å². The summed E-state index contributed by atoms with van der Waals surface area (Å²) in [6, 6.07) is 5.58. The molecule has 0 bridgehead atoms. The highest BCUT2D eigenvalue weighted by Crippen LogP contribution is 2.22. The minimum absolute atomic E-state index is 0.658. The summed E-state index contributed by atoms with van der Waals surface area (Å²) >= 11 is 18.3. The second-order valence-corrected chi connectivity index (χ2v) is 6.05.